The second-order valence-electron chi connectivity index (χ2n) is 4.18. The molecule has 1 saturated heterocycles. The molecule has 1 aliphatic heterocycles. The van der Waals surface area contributed by atoms with E-state index < -0.39 is 11.6 Å². The Balaban J connectivity index is 2.23. The first-order chi connectivity index (χ1) is 7.51. The van der Waals surface area contributed by atoms with Crippen LogP contribution in [0.2, 0.25) is 0 Å². The Bertz CT molecular complexity index is 387. The maximum absolute atomic E-state index is 10.7. The van der Waals surface area contributed by atoms with Crippen LogP contribution in [0.15, 0.2) is 16.5 Å². The molecule has 5 heteroatoms. The summed E-state index contributed by atoms with van der Waals surface area (Å²) in [4.78, 5) is 10.7. The van der Waals surface area contributed by atoms with Gasteiger partial charge in [-0.3, -0.25) is 0 Å². The molecule has 0 radical (unpaired) electrons. The number of carboxylic acids is 1. The summed E-state index contributed by atoms with van der Waals surface area (Å²) in [6.45, 7) is 2.71. The average molecular weight is 226 g/mol. The van der Waals surface area contributed by atoms with Crippen molar-refractivity contribution in [3.05, 3.63) is 23.7 Å². The summed E-state index contributed by atoms with van der Waals surface area (Å²) in [6.07, 6.45) is 0.746. The summed E-state index contributed by atoms with van der Waals surface area (Å²) in [6, 6.07) is 2.85. The van der Waals surface area contributed by atoms with Gasteiger partial charge in [0.25, 0.3) is 0 Å². The fraction of sp³-hybridized carbons (Fsp3) is 0.545. The molecule has 88 valence electrons. The van der Waals surface area contributed by atoms with E-state index in [9.17, 15) is 9.90 Å². The molecule has 1 aliphatic rings. The molecule has 2 rings (SSSR count). The Labute approximate surface area is 92.6 Å². The first-order valence-corrected chi connectivity index (χ1v) is 5.15. The zero-order chi connectivity index (χ0) is 11.8. The van der Waals surface area contributed by atoms with Crippen LogP contribution in [0.4, 0.5) is 0 Å². The molecule has 0 bridgehead atoms. The lowest BCUT2D eigenvalue weighted by Crippen LogP contribution is -2.31. The van der Waals surface area contributed by atoms with Crippen LogP contribution in [0.5, 0.6) is 0 Å². The number of rotatable bonds is 3. The van der Waals surface area contributed by atoms with Crippen LogP contribution in [0.25, 0.3) is 0 Å². The van der Waals surface area contributed by atoms with Crippen molar-refractivity contribution in [2.24, 2.45) is 5.92 Å². The van der Waals surface area contributed by atoms with Gasteiger partial charge >= 0.3 is 5.97 Å². The lowest BCUT2D eigenvalue weighted by Gasteiger charge is -2.26. The van der Waals surface area contributed by atoms with Gasteiger partial charge in [0, 0.05) is 12.5 Å². The van der Waals surface area contributed by atoms with Crippen molar-refractivity contribution in [2.75, 3.05) is 13.2 Å². The van der Waals surface area contributed by atoms with Gasteiger partial charge in [-0.1, -0.05) is 0 Å². The second-order valence-corrected chi connectivity index (χ2v) is 4.18. The van der Waals surface area contributed by atoms with Crippen molar-refractivity contribution < 1.29 is 24.2 Å². The number of aliphatic hydroxyl groups is 1. The highest BCUT2D eigenvalue weighted by atomic mass is 16.5. The van der Waals surface area contributed by atoms with Gasteiger partial charge in [0.2, 0.25) is 5.76 Å². The Morgan fingerprint density at radius 1 is 1.56 bits per heavy atom. The van der Waals surface area contributed by atoms with Crippen LogP contribution >= 0.6 is 0 Å². The van der Waals surface area contributed by atoms with Crippen LogP contribution < -0.4 is 0 Å². The van der Waals surface area contributed by atoms with E-state index in [2.05, 4.69) is 0 Å². The lowest BCUT2D eigenvalue weighted by atomic mass is 9.86. The molecule has 0 spiro atoms. The first kappa shape index (κ1) is 11.2. The van der Waals surface area contributed by atoms with Gasteiger partial charge in [-0.05, 0) is 25.5 Å². The summed E-state index contributed by atoms with van der Waals surface area (Å²) < 4.78 is 10.3. The van der Waals surface area contributed by atoms with Crippen molar-refractivity contribution >= 4 is 5.97 Å². The van der Waals surface area contributed by atoms with Gasteiger partial charge in [-0.25, -0.2) is 4.79 Å². The molecule has 0 amide bonds. The molecule has 16 heavy (non-hydrogen) atoms. The van der Waals surface area contributed by atoms with Gasteiger partial charge in [-0.2, -0.15) is 0 Å². The maximum Gasteiger partial charge on any atom is 0.371 e. The highest BCUT2D eigenvalue weighted by molar-refractivity contribution is 5.84. The molecule has 1 fully saturated rings. The van der Waals surface area contributed by atoms with Crippen LogP contribution in [-0.2, 0) is 10.3 Å². The molecule has 0 aromatic carbocycles. The van der Waals surface area contributed by atoms with Crippen LogP contribution in [0.3, 0.4) is 0 Å². The number of ether oxygens (including phenoxy) is 1. The monoisotopic (exact) mass is 226 g/mol. The second kappa shape index (κ2) is 3.92. The third-order valence-electron chi connectivity index (χ3n) is 3.04. The number of furan rings is 1. The van der Waals surface area contributed by atoms with E-state index in [1.807, 2.05) is 0 Å². The predicted molar refractivity (Wildman–Crippen MR) is 54.2 cm³/mol. The number of carbonyl (C=O) groups is 1. The fourth-order valence-corrected chi connectivity index (χ4v) is 1.90. The molecule has 2 heterocycles. The minimum absolute atomic E-state index is 0.0553. The summed E-state index contributed by atoms with van der Waals surface area (Å²) in [7, 11) is 0. The standard InChI is InChI=1S/C11H14O5/c1-11(14,7-4-5-15-6-7)9-3-2-8(16-9)10(12)13/h2-3,7,14H,4-6H2,1H3,(H,12,13). The summed E-state index contributed by atoms with van der Waals surface area (Å²) in [5.74, 6) is -1.07. The van der Waals surface area contributed by atoms with Crippen LogP contribution in [0.1, 0.15) is 29.7 Å². The van der Waals surface area contributed by atoms with Gasteiger partial charge < -0.3 is 19.4 Å². The number of carboxylic acid groups (broad SMARTS) is 1. The van der Waals surface area contributed by atoms with Crippen LogP contribution in [0, 0.1) is 5.92 Å². The highest BCUT2D eigenvalue weighted by Gasteiger charge is 2.39. The van der Waals surface area contributed by atoms with Crippen molar-refractivity contribution in [1.82, 2.24) is 0 Å². The Morgan fingerprint density at radius 2 is 2.31 bits per heavy atom. The number of aromatic carboxylic acids is 1. The van der Waals surface area contributed by atoms with Gasteiger partial charge in [0.05, 0.1) is 6.61 Å². The zero-order valence-corrected chi connectivity index (χ0v) is 8.97. The minimum Gasteiger partial charge on any atom is -0.475 e. The SMILES string of the molecule is CC(O)(c1ccc(C(=O)O)o1)C1CCOC1. The van der Waals surface area contributed by atoms with E-state index in [1.54, 1.807) is 6.92 Å². The largest absolute Gasteiger partial charge is 0.475 e. The molecular weight excluding hydrogens is 212 g/mol. The van der Waals surface area contributed by atoms with Gasteiger partial charge in [0.15, 0.2) is 0 Å². The molecule has 0 aliphatic carbocycles. The molecule has 1 aromatic rings. The van der Waals surface area contributed by atoms with Crippen molar-refractivity contribution in [3.63, 3.8) is 0 Å². The van der Waals surface area contributed by atoms with E-state index in [1.165, 1.54) is 12.1 Å². The molecular formula is C11H14O5. The van der Waals surface area contributed by atoms with Crippen molar-refractivity contribution in [1.29, 1.82) is 0 Å². The van der Waals surface area contributed by atoms with E-state index in [4.69, 9.17) is 14.3 Å². The Hall–Kier alpha value is -1.33. The normalized spacial score (nSPS) is 24.2. The summed E-state index contributed by atoms with van der Waals surface area (Å²) in [5.41, 5.74) is -1.18. The van der Waals surface area contributed by atoms with Crippen molar-refractivity contribution in [3.8, 4) is 0 Å². The lowest BCUT2D eigenvalue weighted by molar-refractivity contribution is -0.0284. The molecule has 1 aromatic heterocycles. The third-order valence-corrected chi connectivity index (χ3v) is 3.04. The fourth-order valence-electron chi connectivity index (χ4n) is 1.90. The van der Waals surface area contributed by atoms with E-state index >= 15 is 0 Å². The van der Waals surface area contributed by atoms with Crippen LogP contribution in [-0.4, -0.2) is 29.4 Å². The molecule has 5 nitrogen and oxygen atoms in total. The van der Waals surface area contributed by atoms with Crippen molar-refractivity contribution in [2.45, 2.75) is 18.9 Å². The van der Waals surface area contributed by atoms with E-state index in [-0.39, 0.29) is 17.4 Å². The Kier molecular flexibility index (Phi) is 2.73. The number of hydrogen-bond donors (Lipinski definition) is 2. The quantitative estimate of drug-likeness (QED) is 0.810. The maximum atomic E-state index is 10.7. The minimum atomic E-state index is -1.18. The first-order valence-electron chi connectivity index (χ1n) is 5.15. The van der Waals surface area contributed by atoms with Gasteiger partial charge in [-0.15, -0.1) is 0 Å². The molecule has 2 atom stereocenters. The summed E-state index contributed by atoms with van der Waals surface area (Å²) in [5, 5.41) is 19.0. The van der Waals surface area contributed by atoms with E-state index in [0.717, 1.165) is 6.42 Å². The molecule has 0 saturated carbocycles. The smallest absolute Gasteiger partial charge is 0.371 e. The third kappa shape index (κ3) is 1.83. The molecule has 2 N–H and O–H groups in total. The topological polar surface area (TPSA) is 79.9 Å². The number of hydrogen-bond acceptors (Lipinski definition) is 4. The van der Waals surface area contributed by atoms with Gasteiger partial charge in [0.1, 0.15) is 11.4 Å². The highest BCUT2D eigenvalue weighted by Crippen LogP contribution is 2.35. The van der Waals surface area contributed by atoms with E-state index in [0.29, 0.717) is 13.2 Å². The average Bonchev–Trinajstić information content (AvgIpc) is 2.90. The Morgan fingerprint density at radius 3 is 2.81 bits per heavy atom. The molecule has 2 unspecified atom stereocenters. The zero-order valence-electron chi connectivity index (χ0n) is 8.97. The predicted octanol–water partition coefficient (Wildman–Crippen LogP) is 1.22. The summed E-state index contributed by atoms with van der Waals surface area (Å²) >= 11 is 0.